The minimum atomic E-state index is 0.724. The Morgan fingerprint density at radius 2 is 1.85 bits per heavy atom. The SMILES string of the molecule is COCCN(Cc1c(C)nn(C)c1C)Cc1cc2cc(C)ccc2n1C. The molecule has 0 aliphatic rings. The molecule has 0 spiro atoms. The molecule has 3 aromatic rings. The van der Waals surface area contributed by atoms with Gasteiger partial charge in [-0.3, -0.25) is 9.58 Å². The quantitative estimate of drug-likeness (QED) is 0.651. The Labute approximate surface area is 156 Å². The average molecular weight is 354 g/mol. The number of benzene rings is 1. The Morgan fingerprint density at radius 1 is 1.08 bits per heavy atom. The van der Waals surface area contributed by atoms with E-state index in [2.05, 4.69) is 66.7 Å². The average Bonchev–Trinajstić information content (AvgIpc) is 3.03. The van der Waals surface area contributed by atoms with Gasteiger partial charge in [-0.1, -0.05) is 11.6 Å². The molecule has 0 fully saturated rings. The van der Waals surface area contributed by atoms with Crippen LogP contribution in [0.4, 0.5) is 0 Å². The van der Waals surface area contributed by atoms with Gasteiger partial charge in [0.05, 0.1) is 12.3 Å². The van der Waals surface area contributed by atoms with Crippen molar-refractivity contribution in [3.05, 3.63) is 52.5 Å². The van der Waals surface area contributed by atoms with E-state index < -0.39 is 0 Å². The van der Waals surface area contributed by atoms with E-state index in [-0.39, 0.29) is 0 Å². The zero-order chi connectivity index (χ0) is 18.8. The summed E-state index contributed by atoms with van der Waals surface area (Å²) in [5.74, 6) is 0. The summed E-state index contributed by atoms with van der Waals surface area (Å²) < 4.78 is 9.62. The smallest absolute Gasteiger partial charge is 0.0641 e. The highest BCUT2D eigenvalue weighted by Crippen LogP contribution is 2.22. The third kappa shape index (κ3) is 3.69. The van der Waals surface area contributed by atoms with Crippen LogP contribution >= 0.6 is 0 Å². The van der Waals surface area contributed by atoms with Gasteiger partial charge in [-0.2, -0.15) is 5.10 Å². The summed E-state index contributed by atoms with van der Waals surface area (Å²) in [6.45, 7) is 9.77. The van der Waals surface area contributed by atoms with Crippen LogP contribution in [0.5, 0.6) is 0 Å². The highest BCUT2D eigenvalue weighted by atomic mass is 16.5. The molecule has 0 saturated carbocycles. The summed E-state index contributed by atoms with van der Waals surface area (Å²) in [5, 5.41) is 5.87. The highest BCUT2D eigenvalue weighted by molar-refractivity contribution is 5.82. The molecule has 0 saturated heterocycles. The summed E-state index contributed by atoms with van der Waals surface area (Å²) >= 11 is 0. The maximum Gasteiger partial charge on any atom is 0.0641 e. The molecule has 0 bridgehead atoms. The molecule has 3 rings (SSSR count). The molecule has 0 N–H and O–H groups in total. The van der Waals surface area contributed by atoms with Crippen molar-refractivity contribution in [3.8, 4) is 0 Å². The van der Waals surface area contributed by atoms with Gasteiger partial charge in [-0.05, 0) is 39.0 Å². The molecule has 5 nitrogen and oxygen atoms in total. The Bertz CT molecular complexity index is 907. The van der Waals surface area contributed by atoms with E-state index in [0.29, 0.717) is 0 Å². The third-order valence-corrected chi connectivity index (χ3v) is 5.34. The van der Waals surface area contributed by atoms with E-state index in [4.69, 9.17) is 4.74 Å². The molecule has 0 radical (unpaired) electrons. The summed E-state index contributed by atoms with van der Waals surface area (Å²) in [6, 6.07) is 8.96. The number of aryl methyl sites for hydroxylation is 4. The first kappa shape index (κ1) is 18.7. The van der Waals surface area contributed by atoms with Gasteiger partial charge in [0.2, 0.25) is 0 Å². The van der Waals surface area contributed by atoms with Crippen LogP contribution in [0.15, 0.2) is 24.3 Å². The van der Waals surface area contributed by atoms with Gasteiger partial charge in [0.25, 0.3) is 0 Å². The number of hydrogen-bond donors (Lipinski definition) is 0. The van der Waals surface area contributed by atoms with Crippen LogP contribution in [0.25, 0.3) is 10.9 Å². The van der Waals surface area contributed by atoms with Crippen molar-refractivity contribution in [2.45, 2.75) is 33.9 Å². The molecule has 2 aromatic heterocycles. The Hall–Kier alpha value is -2.11. The number of rotatable bonds is 7. The number of methoxy groups -OCH3 is 1. The van der Waals surface area contributed by atoms with Gasteiger partial charge in [-0.15, -0.1) is 0 Å². The van der Waals surface area contributed by atoms with Gasteiger partial charge < -0.3 is 9.30 Å². The first-order valence-electron chi connectivity index (χ1n) is 9.16. The lowest BCUT2D eigenvalue weighted by molar-refractivity contribution is 0.138. The normalized spacial score (nSPS) is 11.8. The maximum atomic E-state index is 5.35. The van der Waals surface area contributed by atoms with Gasteiger partial charge >= 0.3 is 0 Å². The monoisotopic (exact) mass is 354 g/mol. The Kier molecular flexibility index (Phi) is 5.49. The second-order valence-corrected chi connectivity index (χ2v) is 7.23. The molecule has 0 atom stereocenters. The molecule has 1 aromatic carbocycles. The van der Waals surface area contributed by atoms with Crippen LogP contribution in [0, 0.1) is 20.8 Å². The lowest BCUT2D eigenvalue weighted by atomic mass is 10.1. The van der Waals surface area contributed by atoms with Crippen molar-refractivity contribution in [2.24, 2.45) is 14.1 Å². The third-order valence-electron chi connectivity index (χ3n) is 5.34. The topological polar surface area (TPSA) is 35.2 Å². The molecule has 26 heavy (non-hydrogen) atoms. The molecule has 140 valence electrons. The lowest BCUT2D eigenvalue weighted by Gasteiger charge is -2.22. The zero-order valence-electron chi connectivity index (χ0n) is 16.8. The first-order chi connectivity index (χ1) is 12.4. The largest absolute Gasteiger partial charge is 0.383 e. The number of hydrogen-bond acceptors (Lipinski definition) is 3. The minimum absolute atomic E-state index is 0.724. The second kappa shape index (κ2) is 7.64. The van der Waals surface area contributed by atoms with Crippen LogP contribution in [-0.2, 0) is 31.9 Å². The zero-order valence-corrected chi connectivity index (χ0v) is 16.8. The van der Waals surface area contributed by atoms with Crippen LogP contribution < -0.4 is 0 Å². The van der Waals surface area contributed by atoms with Crippen molar-refractivity contribution in [2.75, 3.05) is 20.3 Å². The summed E-state index contributed by atoms with van der Waals surface area (Å²) in [6.07, 6.45) is 0. The molecule has 0 amide bonds. The molecule has 2 heterocycles. The van der Waals surface area contributed by atoms with Crippen molar-refractivity contribution < 1.29 is 4.74 Å². The molecule has 0 aliphatic heterocycles. The van der Waals surface area contributed by atoms with E-state index in [1.165, 1.54) is 33.4 Å². The standard InChI is InChI=1S/C21H30N4O/c1-15-7-8-21-18(11-15)12-19(23(21)4)13-25(9-10-26-6)14-20-16(2)22-24(5)17(20)3/h7-8,11-12H,9-10,13-14H2,1-6H3. The first-order valence-corrected chi connectivity index (χ1v) is 9.16. The van der Waals surface area contributed by atoms with Gasteiger partial charge in [-0.25, -0.2) is 0 Å². The fourth-order valence-corrected chi connectivity index (χ4v) is 3.61. The number of ether oxygens (including phenoxy) is 1. The van der Waals surface area contributed by atoms with Crippen LogP contribution in [0.1, 0.15) is 28.2 Å². The molecular formula is C21H30N4O. The van der Waals surface area contributed by atoms with E-state index in [0.717, 1.165) is 31.9 Å². The Balaban J connectivity index is 1.88. The summed E-state index contributed by atoms with van der Waals surface area (Å²) in [7, 11) is 5.93. The molecule has 0 unspecified atom stereocenters. The predicted octanol–water partition coefficient (Wildman–Crippen LogP) is 3.49. The van der Waals surface area contributed by atoms with E-state index >= 15 is 0 Å². The molecule has 5 heteroatoms. The van der Waals surface area contributed by atoms with Crippen molar-refractivity contribution in [1.29, 1.82) is 0 Å². The fourth-order valence-electron chi connectivity index (χ4n) is 3.61. The van der Waals surface area contributed by atoms with Crippen LogP contribution in [0.2, 0.25) is 0 Å². The van der Waals surface area contributed by atoms with Gasteiger partial charge in [0.1, 0.15) is 0 Å². The van der Waals surface area contributed by atoms with E-state index in [9.17, 15) is 0 Å². The van der Waals surface area contributed by atoms with Gasteiger partial charge in [0.15, 0.2) is 0 Å². The highest BCUT2D eigenvalue weighted by Gasteiger charge is 2.16. The number of fused-ring (bicyclic) bond motifs is 1. The minimum Gasteiger partial charge on any atom is -0.383 e. The van der Waals surface area contributed by atoms with Gasteiger partial charge in [0, 0.05) is 68.7 Å². The fraction of sp³-hybridized carbons (Fsp3) is 0.476. The lowest BCUT2D eigenvalue weighted by Crippen LogP contribution is -2.28. The van der Waals surface area contributed by atoms with Crippen molar-refractivity contribution in [3.63, 3.8) is 0 Å². The second-order valence-electron chi connectivity index (χ2n) is 7.23. The number of aromatic nitrogens is 3. The van der Waals surface area contributed by atoms with Crippen molar-refractivity contribution >= 4 is 10.9 Å². The van der Waals surface area contributed by atoms with E-state index in [1.54, 1.807) is 7.11 Å². The maximum absolute atomic E-state index is 5.35. The van der Waals surface area contributed by atoms with Crippen LogP contribution in [0.3, 0.4) is 0 Å². The Morgan fingerprint density at radius 3 is 2.50 bits per heavy atom. The summed E-state index contributed by atoms with van der Waals surface area (Å²) in [5.41, 5.74) is 7.57. The molecular weight excluding hydrogens is 324 g/mol. The number of nitrogens with zero attached hydrogens (tertiary/aromatic N) is 4. The van der Waals surface area contributed by atoms with E-state index in [1.807, 2.05) is 11.7 Å². The molecule has 0 aliphatic carbocycles. The summed E-state index contributed by atoms with van der Waals surface area (Å²) in [4.78, 5) is 2.45. The van der Waals surface area contributed by atoms with Crippen molar-refractivity contribution in [1.82, 2.24) is 19.2 Å². The van der Waals surface area contributed by atoms with Crippen LogP contribution in [-0.4, -0.2) is 39.5 Å². The predicted molar refractivity (Wildman–Crippen MR) is 106 cm³/mol.